The van der Waals surface area contributed by atoms with E-state index in [9.17, 15) is 4.57 Å². The van der Waals surface area contributed by atoms with E-state index in [0.717, 1.165) is 12.8 Å². The van der Waals surface area contributed by atoms with E-state index in [1.165, 1.54) is 0 Å². The van der Waals surface area contributed by atoms with Gasteiger partial charge in [0, 0.05) is 13.1 Å². The van der Waals surface area contributed by atoms with Gasteiger partial charge in [-0.15, -0.1) is 0 Å². The van der Waals surface area contributed by atoms with Crippen LogP contribution in [-0.4, -0.2) is 87.0 Å². The van der Waals surface area contributed by atoms with Gasteiger partial charge >= 0.3 is 75.6 Å². The molecule has 0 aromatic heterocycles. The summed E-state index contributed by atoms with van der Waals surface area (Å²) in [5, 5.41) is 0. The molecule has 1 atom stereocenters. The number of unbranched alkanes of at least 4 members (excludes halogenated alkanes) is 1. The van der Waals surface area contributed by atoms with Gasteiger partial charge in [-0.1, -0.05) is 13.3 Å². The summed E-state index contributed by atoms with van der Waals surface area (Å²) in [4.78, 5) is 0. The second-order valence-corrected chi connectivity index (χ2v) is 3.23. The molecule has 8 heteroatoms. The van der Waals surface area contributed by atoms with Crippen molar-refractivity contribution in [3.05, 3.63) is 0 Å². The van der Waals surface area contributed by atoms with Gasteiger partial charge in [0.15, 0.2) is 0 Å². The van der Waals surface area contributed by atoms with E-state index in [1.807, 2.05) is 6.92 Å². The van der Waals surface area contributed by atoms with Gasteiger partial charge in [0.2, 0.25) is 0 Å². The van der Waals surface area contributed by atoms with Crippen LogP contribution in [0.4, 0.5) is 0 Å². The second kappa shape index (κ2) is 17.7. The Morgan fingerprint density at radius 1 is 1.50 bits per heavy atom. The van der Waals surface area contributed by atoms with Crippen LogP contribution in [0.5, 0.6) is 0 Å². The number of hydroxylamine groups is 1. The fourth-order valence-electron chi connectivity index (χ4n) is 0.498. The summed E-state index contributed by atoms with van der Waals surface area (Å²) in [6.45, 7) is 3.45. The Hall–Kier alpha value is 2.33. The number of hydrogen-bond donors (Lipinski definition) is 2. The van der Waals surface area contributed by atoms with Gasteiger partial charge in [-0.2, -0.15) is 5.48 Å². The van der Waals surface area contributed by atoms with Crippen LogP contribution in [-0.2, 0) is 13.7 Å². The van der Waals surface area contributed by atoms with Crippen LogP contribution in [0.15, 0.2) is 0 Å². The van der Waals surface area contributed by atoms with Crippen molar-refractivity contribution < 1.29 is 13.7 Å². The fourth-order valence-corrected chi connectivity index (χ4v) is 1.09. The normalized spacial score (nSPS) is 11.3. The van der Waals surface area contributed by atoms with E-state index in [-0.39, 0.29) is 67.3 Å². The first-order chi connectivity index (χ1) is 5.81. The Kier molecular flexibility index (Phi) is 27.3. The van der Waals surface area contributed by atoms with Crippen molar-refractivity contribution in [2.45, 2.75) is 19.8 Å². The Morgan fingerprint density at radius 3 is 2.64 bits per heavy atom. The molecular formula is C6H20CaN2NaO3P. The Bertz CT molecular complexity index is 122. The number of nitrogens with one attached hydrogen (secondary N) is 1. The molecule has 0 saturated carbocycles. The van der Waals surface area contributed by atoms with Crippen LogP contribution >= 0.6 is 8.25 Å². The monoisotopic (exact) mass is 262 g/mol. The summed E-state index contributed by atoms with van der Waals surface area (Å²) in [6.07, 6.45) is 1.92. The quantitative estimate of drug-likeness (QED) is 0.257. The maximum atomic E-state index is 10.8. The van der Waals surface area contributed by atoms with E-state index >= 15 is 0 Å². The van der Waals surface area contributed by atoms with Crippen molar-refractivity contribution in [2.75, 3.05) is 19.7 Å². The van der Waals surface area contributed by atoms with E-state index in [2.05, 4.69) is 10.1 Å². The fraction of sp³-hybridized carbons (Fsp3) is 1.00. The molecule has 0 saturated heterocycles. The van der Waals surface area contributed by atoms with Gasteiger partial charge in [-0.3, -0.25) is 4.57 Å². The average Bonchev–Trinajstić information content (AvgIpc) is 2.06. The first-order valence-electron chi connectivity index (χ1n) is 4.07. The van der Waals surface area contributed by atoms with Gasteiger partial charge in [-0.05, 0) is 6.42 Å². The molecule has 0 heterocycles. The van der Waals surface area contributed by atoms with Crippen LogP contribution in [0.1, 0.15) is 19.8 Å². The zero-order valence-electron chi connectivity index (χ0n) is 7.34. The van der Waals surface area contributed by atoms with Gasteiger partial charge in [0.05, 0.1) is 6.61 Å². The van der Waals surface area contributed by atoms with Crippen molar-refractivity contribution in [3.8, 4) is 0 Å². The summed E-state index contributed by atoms with van der Waals surface area (Å²) in [6, 6.07) is 0. The van der Waals surface area contributed by atoms with E-state index < -0.39 is 8.25 Å². The minimum atomic E-state index is -2.35. The maximum absolute atomic E-state index is 10.8. The first-order valence-corrected chi connectivity index (χ1v) is 5.30. The molecule has 0 spiro atoms. The van der Waals surface area contributed by atoms with Crippen LogP contribution in [0.25, 0.3) is 0 Å². The van der Waals surface area contributed by atoms with E-state index in [0.29, 0.717) is 19.7 Å². The molecule has 14 heavy (non-hydrogen) atoms. The van der Waals surface area contributed by atoms with Crippen molar-refractivity contribution in [1.29, 1.82) is 0 Å². The molecular weight excluding hydrogens is 242 g/mol. The SMILES string of the molecule is CCCCO[PH](=O)ONCCN.[CaH2].[NaH]. The van der Waals surface area contributed by atoms with Crippen LogP contribution < -0.4 is 11.2 Å². The van der Waals surface area contributed by atoms with Crippen molar-refractivity contribution >= 4 is 75.6 Å². The summed E-state index contributed by atoms with van der Waals surface area (Å²) < 4.78 is 20.3. The van der Waals surface area contributed by atoms with Gasteiger partial charge in [0.25, 0.3) is 0 Å². The van der Waals surface area contributed by atoms with Crippen molar-refractivity contribution in [1.82, 2.24) is 5.48 Å². The topological polar surface area (TPSA) is 73.6 Å². The average molecular weight is 262 g/mol. The standard InChI is InChI=1S/C6H17N2O3P.Ca.Na.3H/c1-2-3-6-10-12(9)11-8-5-4-7;;;;;/h8,12H,2-7H2,1H3;;;;;. The molecule has 0 aliphatic carbocycles. The van der Waals surface area contributed by atoms with Gasteiger partial charge in [-0.25, -0.2) is 4.62 Å². The molecule has 0 aromatic carbocycles. The third-order valence-electron chi connectivity index (χ3n) is 1.12. The van der Waals surface area contributed by atoms with Gasteiger partial charge in [0.1, 0.15) is 0 Å². The molecule has 0 aromatic rings. The van der Waals surface area contributed by atoms with Crippen LogP contribution in [0.3, 0.4) is 0 Å². The molecule has 80 valence electrons. The number of hydrogen-bond acceptors (Lipinski definition) is 5. The molecule has 0 bridgehead atoms. The summed E-state index contributed by atoms with van der Waals surface area (Å²) in [5.41, 5.74) is 7.61. The third-order valence-corrected chi connectivity index (χ3v) is 1.87. The summed E-state index contributed by atoms with van der Waals surface area (Å²) in [5.74, 6) is 0. The molecule has 0 fully saturated rings. The molecule has 5 nitrogen and oxygen atoms in total. The zero-order valence-corrected chi connectivity index (χ0v) is 8.34. The molecule has 0 rings (SSSR count). The van der Waals surface area contributed by atoms with E-state index in [4.69, 9.17) is 10.3 Å². The van der Waals surface area contributed by atoms with Crippen LogP contribution in [0, 0.1) is 0 Å². The summed E-state index contributed by atoms with van der Waals surface area (Å²) >= 11 is 0. The van der Waals surface area contributed by atoms with Crippen LogP contribution in [0.2, 0.25) is 0 Å². The Morgan fingerprint density at radius 2 is 2.14 bits per heavy atom. The first kappa shape index (κ1) is 21.6. The van der Waals surface area contributed by atoms with E-state index in [1.54, 1.807) is 0 Å². The number of nitrogens with two attached hydrogens (primary N) is 1. The Labute approximate surface area is 138 Å². The minimum absolute atomic E-state index is 0. The zero-order chi connectivity index (χ0) is 9.23. The molecule has 3 N–H and O–H groups in total. The molecule has 0 aliphatic rings. The number of rotatable bonds is 8. The summed E-state index contributed by atoms with van der Waals surface area (Å²) in [7, 11) is -2.35. The predicted molar refractivity (Wildman–Crippen MR) is 63.7 cm³/mol. The predicted octanol–water partition coefficient (Wildman–Crippen LogP) is -0.892. The molecule has 0 amide bonds. The molecule has 0 radical (unpaired) electrons. The van der Waals surface area contributed by atoms with Crippen molar-refractivity contribution in [2.24, 2.45) is 5.73 Å². The molecule has 0 aliphatic heterocycles. The molecule has 1 unspecified atom stereocenters. The van der Waals surface area contributed by atoms with Crippen molar-refractivity contribution in [3.63, 3.8) is 0 Å². The Balaban J connectivity index is -0.000000605. The second-order valence-electron chi connectivity index (χ2n) is 2.24. The third kappa shape index (κ3) is 16.7. The van der Waals surface area contributed by atoms with Gasteiger partial charge < -0.3 is 10.3 Å².